The third-order valence-electron chi connectivity index (χ3n) is 3.23. The zero-order valence-corrected chi connectivity index (χ0v) is 12.6. The smallest absolute Gasteiger partial charge is 0.197 e. The second-order valence-electron chi connectivity index (χ2n) is 4.60. The molecule has 0 atom stereocenters. The molecule has 0 aliphatic heterocycles. The minimum absolute atomic E-state index is 0.0895. The summed E-state index contributed by atoms with van der Waals surface area (Å²) in [5.74, 6) is 11.0. The van der Waals surface area contributed by atoms with Crippen molar-refractivity contribution in [2.45, 2.75) is 41.0 Å². The van der Waals surface area contributed by atoms with Crippen molar-refractivity contribution in [3.05, 3.63) is 33.9 Å². The van der Waals surface area contributed by atoms with Crippen molar-refractivity contribution in [1.29, 1.82) is 0 Å². The normalized spacial score (nSPS) is 15.8. The van der Waals surface area contributed by atoms with Crippen molar-refractivity contribution in [2.24, 2.45) is 0 Å². The van der Waals surface area contributed by atoms with Gasteiger partial charge in [-0.3, -0.25) is 9.59 Å². The van der Waals surface area contributed by atoms with Gasteiger partial charge in [0.1, 0.15) is 0 Å². The first-order chi connectivity index (χ1) is 9.43. The number of Topliss-reactive ketones (excluding diaryl/α,β-unsaturated/α-hetero) is 2. The first-order valence-electron chi connectivity index (χ1n) is 6.46. The monoisotopic (exact) mass is 266 g/mol. The lowest BCUT2D eigenvalue weighted by Crippen LogP contribution is -2.21. The first kappa shape index (κ1) is 15.7. The van der Waals surface area contributed by atoms with E-state index < -0.39 is 0 Å². The minimum atomic E-state index is -0.140. The highest BCUT2D eigenvalue weighted by molar-refractivity contribution is 6.26. The molecule has 0 radical (unpaired) electrons. The molecule has 0 saturated heterocycles. The molecule has 1 aliphatic carbocycles. The third kappa shape index (κ3) is 3.16. The van der Waals surface area contributed by atoms with Gasteiger partial charge in [-0.25, -0.2) is 0 Å². The lowest BCUT2D eigenvalue weighted by atomic mass is 9.84. The maximum absolute atomic E-state index is 12.3. The van der Waals surface area contributed by atoms with Gasteiger partial charge in [-0.2, -0.15) is 0 Å². The molecule has 0 bridgehead atoms. The summed E-state index contributed by atoms with van der Waals surface area (Å²) in [6.45, 7) is 8.66. The van der Waals surface area contributed by atoms with E-state index in [1.807, 2.05) is 13.0 Å². The van der Waals surface area contributed by atoms with Gasteiger partial charge >= 0.3 is 0 Å². The summed E-state index contributed by atoms with van der Waals surface area (Å²) < 4.78 is 0. The predicted molar refractivity (Wildman–Crippen MR) is 80.7 cm³/mol. The first-order valence-corrected chi connectivity index (χ1v) is 6.46. The quantitative estimate of drug-likeness (QED) is 0.568. The van der Waals surface area contributed by atoms with E-state index in [1.165, 1.54) is 0 Å². The molecule has 0 N–H and O–H groups in total. The van der Waals surface area contributed by atoms with Gasteiger partial charge in [0.2, 0.25) is 0 Å². The van der Waals surface area contributed by atoms with E-state index in [2.05, 4.69) is 23.7 Å². The van der Waals surface area contributed by atoms with Crippen molar-refractivity contribution >= 4 is 11.6 Å². The largest absolute Gasteiger partial charge is 0.289 e. The Hall–Kier alpha value is -2.32. The molecule has 0 aromatic heterocycles. The van der Waals surface area contributed by atoms with E-state index in [-0.39, 0.29) is 11.6 Å². The molecule has 1 aliphatic rings. The highest BCUT2D eigenvalue weighted by atomic mass is 16.1. The maximum atomic E-state index is 12.3. The van der Waals surface area contributed by atoms with Crippen LogP contribution in [0, 0.1) is 23.7 Å². The van der Waals surface area contributed by atoms with E-state index in [4.69, 9.17) is 0 Å². The Morgan fingerprint density at radius 1 is 1.05 bits per heavy atom. The Balaban J connectivity index is 3.31. The van der Waals surface area contributed by atoms with Crippen LogP contribution in [-0.4, -0.2) is 11.6 Å². The Morgan fingerprint density at radius 3 is 2.20 bits per heavy atom. The van der Waals surface area contributed by atoms with E-state index in [9.17, 15) is 9.59 Å². The van der Waals surface area contributed by atoms with Crippen molar-refractivity contribution in [2.75, 3.05) is 0 Å². The van der Waals surface area contributed by atoms with Crippen molar-refractivity contribution in [1.82, 2.24) is 0 Å². The summed E-state index contributed by atoms with van der Waals surface area (Å²) in [6, 6.07) is 0. The lowest BCUT2D eigenvalue weighted by molar-refractivity contribution is -0.116. The SMILES string of the molecule is CC#CC1=C(C/C=C(/C)C#CC)C(=O)C(C)=C(C)C1=O. The zero-order valence-electron chi connectivity index (χ0n) is 12.6. The molecule has 0 heterocycles. The molecule has 2 nitrogen and oxygen atoms in total. The molecule has 0 aromatic rings. The summed E-state index contributed by atoms with van der Waals surface area (Å²) in [7, 11) is 0. The van der Waals surface area contributed by atoms with Crippen LogP contribution in [0.4, 0.5) is 0 Å². The molecule has 0 unspecified atom stereocenters. The van der Waals surface area contributed by atoms with Crippen molar-refractivity contribution < 1.29 is 9.59 Å². The molecule has 0 aromatic carbocycles. The topological polar surface area (TPSA) is 34.1 Å². The van der Waals surface area contributed by atoms with Gasteiger partial charge < -0.3 is 0 Å². The van der Waals surface area contributed by atoms with Crippen molar-refractivity contribution in [3.63, 3.8) is 0 Å². The predicted octanol–water partition coefficient (Wildman–Crippen LogP) is 3.15. The molecule has 20 heavy (non-hydrogen) atoms. The minimum Gasteiger partial charge on any atom is -0.289 e. The van der Waals surface area contributed by atoms with Gasteiger partial charge in [0.15, 0.2) is 11.6 Å². The van der Waals surface area contributed by atoms with Gasteiger partial charge in [-0.15, -0.1) is 11.8 Å². The number of carbonyl (C=O) groups excluding carboxylic acids is 2. The standard InChI is InChI=1S/C18H18O2/c1-6-8-12(3)10-11-16-15(9-7-2)17(19)13(4)14(5)18(16)20/h10H,11H2,1-5H3/b12-10-. The average molecular weight is 266 g/mol. The maximum Gasteiger partial charge on any atom is 0.197 e. The lowest BCUT2D eigenvalue weighted by Gasteiger charge is -2.16. The van der Waals surface area contributed by atoms with E-state index in [0.717, 1.165) is 5.57 Å². The van der Waals surface area contributed by atoms with Crippen molar-refractivity contribution in [3.8, 4) is 23.7 Å². The molecule has 1 rings (SSSR count). The Bertz CT molecular complexity index is 674. The van der Waals surface area contributed by atoms with Crippen LogP contribution >= 0.6 is 0 Å². The second kappa shape index (κ2) is 6.73. The van der Waals surface area contributed by atoms with Crippen LogP contribution in [0.5, 0.6) is 0 Å². The third-order valence-corrected chi connectivity index (χ3v) is 3.23. The highest BCUT2D eigenvalue weighted by Gasteiger charge is 2.28. The highest BCUT2D eigenvalue weighted by Crippen LogP contribution is 2.26. The van der Waals surface area contributed by atoms with Crippen LogP contribution in [0.3, 0.4) is 0 Å². The number of allylic oxidation sites excluding steroid dienone is 6. The van der Waals surface area contributed by atoms with Crippen LogP contribution in [0.25, 0.3) is 0 Å². The van der Waals surface area contributed by atoms with E-state index in [0.29, 0.717) is 28.7 Å². The van der Waals surface area contributed by atoms with Crippen LogP contribution in [0.1, 0.15) is 41.0 Å². The summed E-state index contributed by atoms with van der Waals surface area (Å²) in [6.07, 6.45) is 2.25. The number of carbonyl (C=O) groups is 2. The summed E-state index contributed by atoms with van der Waals surface area (Å²) >= 11 is 0. The molecular formula is C18H18O2. The van der Waals surface area contributed by atoms with Gasteiger partial charge in [0.05, 0.1) is 5.57 Å². The molecule has 102 valence electrons. The fourth-order valence-corrected chi connectivity index (χ4v) is 1.96. The zero-order chi connectivity index (χ0) is 15.3. The molecule has 2 heteroatoms. The number of rotatable bonds is 2. The van der Waals surface area contributed by atoms with Gasteiger partial charge in [-0.1, -0.05) is 17.9 Å². The Morgan fingerprint density at radius 2 is 1.65 bits per heavy atom. The second-order valence-corrected chi connectivity index (χ2v) is 4.60. The Labute approximate surface area is 120 Å². The van der Waals surface area contributed by atoms with Crippen LogP contribution < -0.4 is 0 Å². The van der Waals surface area contributed by atoms with E-state index in [1.54, 1.807) is 27.7 Å². The summed E-state index contributed by atoms with van der Waals surface area (Å²) in [4.78, 5) is 24.6. The van der Waals surface area contributed by atoms with Crippen LogP contribution in [-0.2, 0) is 9.59 Å². The van der Waals surface area contributed by atoms with Crippen LogP contribution in [0.15, 0.2) is 33.9 Å². The number of ketones is 2. The van der Waals surface area contributed by atoms with Gasteiger partial charge in [0.25, 0.3) is 0 Å². The average Bonchev–Trinajstić information content (AvgIpc) is 2.42. The summed E-state index contributed by atoms with van der Waals surface area (Å²) in [5.41, 5.74) is 2.69. The fourth-order valence-electron chi connectivity index (χ4n) is 1.96. The van der Waals surface area contributed by atoms with Gasteiger partial charge in [0, 0.05) is 16.7 Å². The van der Waals surface area contributed by atoms with Crippen LogP contribution in [0.2, 0.25) is 0 Å². The molecular weight excluding hydrogens is 248 g/mol. The molecule has 0 amide bonds. The van der Waals surface area contributed by atoms with Gasteiger partial charge in [-0.05, 0) is 46.6 Å². The molecule has 0 fully saturated rings. The molecule has 0 spiro atoms. The number of hydrogen-bond donors (Lipinski definition) is 0. The Kier molecular flexibility index (Phi) is 5.30. The molecule has 0 saturated carbocycles. The van der Waals surface area contributed by atoms with E-state index >= 15 is 0 Å². The fraction of sp³-hybridized carbons (Fsp3) is 0.333. The number of hydrogen-bond acceptors (Lipinski definition) is 2. The summed E-state index contributed by atoms with van der Waals surface area (Å²) in [5, 5.41) is 0.